The summed E-state index contributed by atoms with van der Waals surface area (Å²) in [6, 6.07) is 20.7. The predicted molar refractivity (Wildman–Crippen MR) is 198 cm³/mol. The van der Waals surface area contributed by atoms with E-state index in [0.717, 1.165) is 42.9 Å². The van der Waals surface area contributed by atoms with Gasteiger partial charge in [-0.15, -0.1) is 22.7 Å². The maximum Gasteiger partial charge on any atom is 0.303 e. The van der Waals surface area contributed by atoms with Gasteiger partial charge in [-0.3, -0.25) is 14.9 Å². The van der Waals surface area contributed by atoms with Crippen LogP contribution in [-0.4, -0.2) is 39.4 Å². The Balaban J connectivity index is 1.35. The van der Waals surface area contributed by atoms with Crippen LogP contribution in [0.3, 0.4) is 0 Å². The molecular weight excluding hydrogens is 639 g/mol. The third-order valence-electron chi connectivity index (χ3n) is 9.73. The number of unbranched alkanes of at least 4 members (excludes halogenated alkanes) is 2. The maximum absolute atomic E-state index is 11.6. The Labute approximate surface area is 290 Å². The van der Waals surface area contributed by atoms with E-state index in [9.17, 15) is 14.9 Å². The second-order valence-electron chi connectivity index (χ2n) is 13.5. The fourth-order valence-corrected chi connectivity index (χ4v) is 9.02. The van der Waals surface area contributed by atoms with E-state index in [4.69, 9.17) is 5.11 Å². The minimum absolute atomic E-state index is 0.111. The third-order valence-corrected chi connectivity index (χ3v) is 11.9. The summed E-state index contributed by atoms with van der Waals surface area (Å²) in [5.41, 5.74) is 7.40. The quantitative estimate of drug-likeness (QED) is 0.0697. The lowest BCUT2D eigenvalue weighted by atomic mass is 9.80. The molecule has 2 aromatic heterocycles. The zero-order chi connectivity index (χ0) is 34.2. The van der Waals surface area contributed by atoms with Crippen molar-refractivity contribution in [1.29, 1.82) is 0 Å². The second-order valence-corrected chi connectivity index (χ2v) is 15.5. The van der Waals surface area contributed by atoms with Gasteiger partial charge in [0.05, 0.1) is 10.3 Å². The van der Waals surface area contributed by atoms with Crippen molar-refractivity contribution in [1.82, 2.24) is 0 Å². The number of likely N-dealkylation sites (N-methyl/N-ethyl adjacent to an activating group) is 1. The Hall–Kier alpha value is -4.34. The van der Waals surface area contributed by atoms with Gasteiger partial charge in [-0.2, -0.15) is 4.58 Å². The van der Waals surface area contributed by atoms with Crippen LogP contribution >= 0.6 is 22.7 Å². The van der Waals surface area contributed by atoms with E-state index in [-0.39, 0.29) is 22.4 Å². The van der Waals surface area contributed by atoms with Crippen molar-refractivity contribution in [2.24, 2.45) is 0 Å². The van der Waals surface area contributed by atoms with Crippen molar-refractivity contribution in [3.8, 4) is 20.2 Å². The molecule has 0 bridgehead atoms. The molecule has 0 aliphatic carbocycles. The third kappa shape index (κ3) is 6.17. The van der Waals surface area contributed by atoms with Crippen molar-refractivity contribution in [3.63, 3.8) is 0 Å². The monoisotopic (exact) mass is 680 g/mol. The van der Waals surface area contributed by atoms with Gasteiger partial charge in [0.25, 0.3) is 5.69 Å². The normalized spacial score (nSPS) is 17.0. The Kier molecular flexibility index (Phi) is 9.29. The van der Waals surface area contributed by atoms with Crippen LogP contribution in [-0.2, 0) is 15.6 Å². The molecule has 4 aromatic rings. The highest BCUT2D eigenvalue weighted by Gasteiger charge is 2.45. The number of aliphatic carboxylic acids is 1. The average Bonchev–Trinajstić information content (AvgIpc) is 3.83. The fraction of sp³-hybridized carbons (Fsp3) is 0.333. The van der Waals surface area contributed by atoms with E-state index >= 15 is 0 Å². The summed E-state index contributed by atoms with van der Waals surface area (Å²) < 4.78 is 2.41. The van der Waals surface area contributed by atoms with Crippen LogP contribution in [0, 0.1) is 10.1 Å². The zero-order valence-corrected chi connectivity index (χ0v) is 29.8. The Morgan fingerprint density at radius 1 is 0.958 bits per heavy atom. The number of hydrogen-bond acceptors (Lipinski definition) is 6. The van der Waals surface area contributed by atoms with E-state index < -0.39 is 11.4 Å². The van der Waals surface area contributed by atoms with Crippen LogP contribution in [0.4, 0.5) is 17.1 Å². The molecule has 2 aromatic carbocycles. The van der Waals surface area contributed by atoms with Crippen LogP contribution in [0.1, 0.15) is 71.4 Å². The molecule has 2 aliphatic heterocycles. The number of thiophene rings is 2. The Morgan fingerprint density at radius 3 is 2.46 bits per heavy atom. The summed E-state index contributed by atoms with van der Waals surface area (Å²) >= 11 is 3.58. The van der Waals surface area contributed by atoms with Gasteiger partial charge in [0.1, 0.15) is 6.54 Å². The molecule has 48 heavy (non-hydrogen) atoms. The number of rotatable bonds is 12. The molecule has 0 spiro atoms. The lowest BCUT2D eigenvalue weighted by Crippen LogP contribution is -2.28. The number of hydrogen-bond donors (Lipinski definition) is 1. The highest BCUT2D eigenvalue weighted by molar-refractivity contribution is 7.23. The number of fused-ring (bicyclic) bond motifs is 2. The highest BCUT2D eigenvalue weighted by Crippen LogP contribution is 2.49. The fourth-order valence-electron chi connectivity index (χ4n) is 7.18. The highest BCUT2D eigenvalue weighted by atomic mass is 32.1. The van der Waals surface area contributed by atoms with Crippen molar-refractivity contribution in [2.45, 2.75) is 71.1 Å². The molecule has 0 fully saturated rings. The number of anilines is 1. The van der Waals surface area contributed by atoms with Crippen molar-refractivity contribution >= 4 is 51.4 Å². The standard InChI is InChI=1S/C39H41N3O4S2/c1-6-40-30-19-17-27(42(45)46)25-29(30)39(4,5)35(40)13-10-14-36-38(2,3)28-24-26(32-20-21-34(48-32)33-12-11-23-47-33)16-18-31(28)41(36)22-9-7-8-15-37(43)44/h10-14,16-21,23-25H,6-9,15,22H2,1-5H3/p+1. The van der Waals surface area contributed by atoms with Gasteiger partial charge in [0, 0.05) is 80.7 Å². The molecule has 6 rings (SSSR count). The van der Waals surface area contributed by atoms with Gasteiger partial charge < -0.3 is 10.0 Å². The summed E-state index contributed by atoms with van der Waals surface area (Å²) in [6.45, 7) is 12.5. The number of carbonyl (C=O) groups is 1. The lowest BCUT2D eigenvalue weighted by molar-refractivity contribution is -0.438. The smallest absolute Gasteiger partial charge is 0.303 e. The second kappa shape index (κ2) is 13.3. The summed E-state index contributed by atoms with van der Waals surface area (Å²) in [5, 5.41) is 22.8. The molecule has 0 saturated heterocycles. The average molecular weight is 681 g/mol. The van der Waals surface area contributed by atoms with Gasteiger partial charge in [-0.1, -0.05) is 26.0 Å². The molecule has 248 valence electrons. The summed E-state index contributed by atoms with van der Waals surface area (Å²) in [5.74, 6) is -0.748. The molecule has 7 nitrogen and oxygen atoms in total. The molecule has 0 atom stereocenters. The predicted octanol–water partition coefficient (Wildman–Crippen LogP) is 10.3. The molecule has 0 saturated carbocycles. The Morgan fingerprint density at radius 2 is 1.75 bits per heavy atom. The molecule has 0 unspecified atom stereocenters. The van der Waals surface area contributed by atoms with Crippen molar-refractivity contribution in [2.75, 3.05) is 18.0 Å². The van der Waals surface area contributed by atoms with Gasteiger partial charge in [0.15, 0.2) is 5.71 Å². The van der Waals surface area contributed by atoms with Gasteiger partial charge in [0.2, 0.25) is 5.69 Å². The molecule has 9 heteroatoms. The van der Waals surface area contributed by atoms with E-state index in [1.165, 1.54) is 37.2 Å². The van der Waals surface area contributed by atoms with Crippen LogP contribution in [0.25, 0.3) is 20.2 Å². The topological polar surface area (TPSA) is 86.7 Å². The number of benzene rings is 2. The molecule has 0 radical (unpaired) electrons. The van der Waals surface area contributed by atoms with Crippen LogP contribution in [0.15, 0.2) is 90.0 Å². The minimum Gasteiger partial charge on any atom is -0.481 e. The SMILES string of the molecule is CCN1/C(=C/C=C/C2=[N+](CCCCCC(=O)O)c3ccc(-c4ccc(-c5cccs5)s4)cc3C2(C)C)C(C)(C)c2cc([N+](=O)[O-])ccc21. The lowest BCUT2D eigenvalue weighted by Gasteiger charge is -2.25. The van der Waals surface area contributed by atoms with Crippen LogP contribution in [0.5, 0.6) is 0 Å². The first-order chi connectivity index (χ1) is 22.9. The summed E-state index contributed by atoms with van der Waals surface area (Å²) in [7, 11) is 0. The number of carboxylic acids is 1. The number of carboxylic acid groups (broad SMARTS) is 1. The number of nitrogens with zero attached hydrogens (tertiary/aromatic N) is 3. The van der Waals surface area contributed by atoms with E-state index in [2.05, 4.69) is 110 Å². The van der Waals surface area contributed by atoms with Crippen LogP contribution in [0.2, 0.25) is 0 Å². The van der Waals surface area contributed by atoms with Gasteiger partial charge in [-0.05, 0) is 92.6 Å². The zero-order valence-electron chi connectivity index (χ0n) is 28.2. The maximum atomic E-state index is 11.6. The number of nitro groups is 1. The molecule has 1 N–H and O–H groups in total. The number of non-ortho nitro benzene ring substituents is 1. The minimum atomic E-state index is -0.748. The first kappa shape index (κ1) is 33.6. The first-order valence-corrected chi connectivity index (χ1v) is 18.2. The molecule has 2 aliphatic rings. The Bertz CT molecular complexity index is 1960. The first-order valence-electron chi connectivity index (χ1n) is 16.5. The van der Waals surface area contributed by atoms with E-state index in [1.54, 1.807) is 23.5 Å². The summed E-state index contributed by atoms with van der Waals surface area (Å²) in [4.78, 5) is 28.4. The number of allylic oxidation sites excluding steroid dienone is 4. The van der Waals surface area contributed by atoms with Gasteiger partial charge in [-0.25, -0.2) is 0 Å². The number of nitro benzene ring substituents is 1. The van der Waals surface area contributed by atoms with Crippen molar-refractivity contribution in [3.05, 3.63) is 111 Å². The van der Waals surface area contributed by atoms with Crippen LogP contribution < -0.4 is 4.90 Å². The van der Waals surface area contributed by atoms with E-state index in [1.807, 2.05) is 17.4 Å². The summed E-state index contributed by atoms with van der Waals surface area (Å²) in [6.07, 6.45) is 9.12. The molecule has 4 heterocycles. The van der Waals surface area contributed by atoms with E-state index in [0.29, 0.717) is 6.42 Å². The van der Waals surface area contributed by atoms with Gasteiger partial charge >= 0.3 is 5.97 Å². The molecule has 0 amide bonds. The largest absolute Gasteiger partial charge is 0.481 e. The van der Waals surface area contributed by atoms with Crippen molar-refractivity contribution < 1.29 is 19.4 Å². The molecular formula is C39H42N3O4S2+.